The normalized spacial score (nSPS) is 13.1. The van der Waals surface area contributed by atoms with E-state index in [4.69, 9.17) is 4.74 Å². The second-order valence-electron chi connectivity index (χ2n) is 4.73. The highest BCUT2D eigenvalue weighted by atomic mass is 16.6. The van der Waals surface area contributed by atoms with Crippen LogP contribution in [0.5, 0.6) is 5.75 Å². The zero-order chi connectivity index (χ0) is 15.5. The fourth-order valence-corrected chi connectivity index (χ4v) is 2.25. The quantitative estimate of drug-likeness (QED) is 0.533. The van der Waals surface area contributed by atoms with Gasteiger partial charge in [-0.15, -0.1) is 0 Å². The van der Waals surface area contributed by atoms with Gasteiger partial charge in [0.25, 0.3) is 5.69 Å². The van der Waals surface area contributed by atoms with Crippen molar-refractivity contribution in [3.63, 3.8) is 0 Å². The Morgan fingerprint density at radius 2 is 1.86 bits per heavy atom. The van der Waals surface area contributed by atoms with E-state index < -0.39 is 4.92 Å². The molecule has 0 unspecified atom stereocenters. The standard InChI is InChI=1S/C16H12N2O4/c19-9-11-10-22-15-4-2-1-3-14(15)16(11)17-12-5-7-13(8-6-12)18(20)21/h1-9,17H,10H2. The number of rotatable bonds is 4. The number of fused-ring (bicyclic) bond motifs is 1. The smallest absolute Gasteiger partial charge is 0.269 e. The molecule has 0 saturated carbocycles. The second-order valence-corrected chi connectivity index (χ2v) is 4.73. The van der Waals surface area contributed by atoms with Gasteiger partial charge in [-0.1, -0.05) is 12.1 Å². The molecule has 1 heterocycles. The summed E-state index contributed by atoms with van der Waals surface area (Å²) in [6, 6.07) is 13.4. The van der Waals surface area contributed by atoms with Crippen molar-refractivity contribution in [3.8, 4) is 5.75 Å². The number of carbonyl (C=O) groups is 1. The molecule has 6 heteroatoms. The summed E-state index contributed by atoms with van der Waals surface area (Å²) in [4.78, 5) is 21.5. The third-order valence-electron chi connectivity index (χ3n) is 3.35. The van der Waals surface area contributed by atoms with Crippen LogP contribution in [0.15, 0.2) is 54.1 Å². The predicted molar refractivity (Wildman–Crippen MR) is 81.6 cm³/mol. The average molecular weight is 296 g/mol. The Morgan fingerprint density at radius 1 is 1.14 bits per heavy atom. The van der Waals surface area contributed by atoms with Gasteiger partial charge in [0.15, 0.2) is 6.29 Å². The first-order chi connectivity index (χ1) is 10.7. The molecule has 6 nitrogen and oxygen atoms in total. The van der Waals surface area contributed by atoms with Crippen molar-refractivity contribution in [2.24, 2.45) is 0 Å². The van der Waals surface area contributed by atoms with Crippen molar-refractivity contribution in [3.05, 3.63) is 69.8 Å². The van der Waals surface area contributed by atoms with Crippen molar-refractivity contribution >= 4 is 23.4 Å². The minimum atomic E-state index is -0.455. The molecule has 0 atom stereocenters. The van der Waals surface area contributed by atoms with Crippen LogP contribution in [0.1, 0.15) is 5.56 Å². The maximum absolute atomic E-state index is 11.2. The topological polar surface area (TPSA) is 81.5 Å². The van der Waals surface area contributed by atoms with Gasteiger partial charge in [-0.05, 0) is 24.3 Å². The molecule has 0 aliphatic carbocycles. The number of non-ortho nitro benzene ring substituents is 1. The van der Waals surface area contributed by atoms with Crippen LogP contribution in [0.25, 0.3) is 5.70 Å². The summed E-state index contributed by atoms with van der Waals surface area (Å²) in [5.74, 6) is 0.692. The van der Waals surface area contributed by atoms with Crippen molar-refractivity contribution in [2.45, 2.75) is 0 Å². The molecular formula is C16H12N2O4. The van der Waals surface area contributed by atoms with Crippen LogP contribution in [0.4, 0.5) is 11.4 Å². The minimum absolute atomic E-state index is 0.0162. The van der Waals surface area contributed by atoms with Crippen LogP contribution in [-0.2, 0) is 4.79 Å². The van der Waals surface area contributed by atoms with Gasteiger partial charge in [0.2, 0.25) is 0 Å². The van der Waals surface area contributed by atoms with E-state index in [9.17, 15) is 14.9 Å². The van der Waals surface area contributed by atoms with E-state index in [0.29, 0.717) is 22.7 Å². The molecule has 22 heavy (non-hydrogen) atoms. The fourth-order valence-electron chi connectivity index (χ4n) is 2.25. The van der Waals surface area contributed by atoms with E-state index in [0.717, 1.165) is 11.8 Å². The van der Waals surface area contributed by atoms with Crippen LogP contribution >= 0.6 is 0 Å². The summed E-state index contributed by atoms with van der Waals surface area (Å²) in [6.07, 6.45) is 0.754. The van der Waals surface area contributed by atoms with Gasteiger partial charge in [0.05, 0.1) is 16.2 Å². The van der Waals surface area contributed by atoms with Gasteiger partial charge in [0, 0.05) is 23.4 Å². The summed E-state index contributed by atoms with van der Waals surface area (Å²) in [5, 5.41) is 13.8. The first-order valence-corrected chi connectivity index (χ1v) is 6.61. The molecule has 0 bridgehead atoms. The van der Waals surface area contributed by atoms with E-state index in [1.807, 2.05) is 24.3 Å². The first kappa shape index (κ1) is 13.8. The molecule has 0 radical (unpaired) electrons. The number of para-hydroxylation sites is 1. The van der Waals surface area contributed by atoms with E-state index in [2.05, 4.69) is 5.32 Å². The number of ether oxygens (including phenoxy) is 1. The number of hydrogen-bond acceptors (Lipinski definition) is 5. The molecule has 0 aromatic heterocycles. The van der Waals surface area contributed by atoms with E-state index in [1.165, 1.54) is 12.1 Å². The molecule has 1 aliphatic heterocycles. The third kappa shape index (κ3) is 2.54. The molecule has 1 N–H and O–H groups in total. The number of nitrogens with zero attached hydrogens (tertiary/aromatic N) is 1. The predicted octanol–water partition coefficient (Wildman–Crippen LogP) is 3.01. The van der Waals surface area contributed by atoms with Crippen LogP contribution in [0, 0.1) is 10.1 Å². The van der Waals surface area contributed by atoms with Gasteiger partial charge >= 0.3 is 0 Å². The van der Waals surface area contributed by atoms with Crippen LogP contribution < -0.4 is 10.1 Å². The molecular weight excluding hydrogens is 284 g/mol. The summed E-state index contributed by atoms with van der Waals surface area (Å²) in [7, 11) is 0. The van der Waals surface area contributed by atoms with Crippen molar-refractivity contribution < 1.29 is 14.5 Å². The third-order valence-corrected chi connectivity index (χ3v) is 3.35. The molecule has 0 amide bonds. The van der Waals surface area contributed by atoms with Gasteiger partial charge in [-0.25, -0.2) is 0 Å². The lowest BCUT2D eigenvalue weighted by molar-refractivity contribution is -0.384. The van der Waals surface area contributed by atoms with Gasteiger partial charge in [-0.2, -0.15) is 0 Å². The average Bonchev–Trinajstić information content (AvgIpc) is 2.55. The van der Waals surface area contributed by atoms with Crippen LogP contribution in [0.3, 0.4) is 0 Å². The number of nitro benzene ring substituents is 1. The zero-order valence-electron chi connectivity index (χ0n) is 11.5. The molecule has 0 fully saturated rings. The highest BCUT2D eigenvalue weighted by molar-refractivity contribution is 5.95. The molecule has 2 aromatic rings. The van der Waals surface area contributed by atoms with E-state index >= 15 is 0 Å². The SMILES string of the molecule is O=CC1=C(Nc2ccc([N+](=O)[O-])cc2)c2ccccc2OC1. The monoisotopic (exact) mass is 296 g/mol. The summed E-state index contributed by atoms with van der Waals surface area (Å²) in [6.45, 7) is 0.190. The number of nitro groups is 1. The molecule has 1 aliphatic rings. The van der Waals surface area contributed by atoms with Crippen molar-refractivity contribution in [1.29, 1.82) is 0 Å². The fraction of sp³-hybridized carbons (Fsp3) is 0.0625. The largest absolute Gasteiger partial charge is 0.488 e. The van der Waals surface area contributed by atoms with Crippen LogP contribution in [0.2, 0.25) is 0 Å². The Labute approximate surface area is 126 Å². The van der Waals surface area contributed by atoms with E-state index in [-0.39, 0.29) is 12.3 Å². The Morgan fingerprint density at radius 3 is 2.55 bits per heavy atom. The zero-order valence-corrected chi connectivity index (χ0v) is 11.5. The summed E-state index contributed by atoms with van der Waals surface area (Å²) < 4.78 is 5.53. The summed E-state index contributed by atoms with van der Waals surface area (Å²) >= 11 is 0. The first-order valence-electron chi connectivity index (χ1n) is 6.61. The molecule has 0 spiro atoms. The highest BCUT2D eigenvalue weighted by Gasteiger charge is 2.19. The van der Waals surface area contributed by atoms with Gasteiger partial charge < -0.3 is 10.1 Å². The number of nitrogens with one attached hydrogen (secondary N) is 1. The van der Waals surface area contributed by atoms with Crippen LogP contribution in [-0.4, -0.2) is 17.8 Å². The highest BCUT2D eigenvalue weighted by Crippen LogP contribution is 2.33. The second kappa shape index (κ2) is 5.69. The Hall–Kier alpha value is -3.15. The lowest BCUT2D eigenvalue weighted by Gasteiger charge is -2.22. The molecule has 3 rings (SSSR count). The number of benzene rings is 2. The van der Waals surface area contributed by atoms with Gasteiger partial charge in [-0.3, -0.25) is 14.9 Å². The molecule has 2 aromatic carbocycles. The molecule has 0 saturated heterocycles. The van der Waals surface area contributed by atoms with Gasteiger partial charge in [0.1, 0.15) is 12.4 Å². The maximum atomic E-state index is 11.2. The number of hydrogen-bond donors (Lipinski definition) is 1. The number of aldehydes is 1. The maximum Gasteiger partial charge on any atom is 0.269 e. The Bertz CT molecular complexity index is 766. The number of anilines is 1. The van der Waals surface area contributed by atoms with E-state index in [1.54, 1.807) is 12.1 Å². The Kier molecular flexibility index (Phi) is 3.57. The van der Waals surface area contributed by atoms with Crippen molar-refractivity contribution in [1.82, 2.24) is 0 Å². The lowest BCUT2D eigenvalue weighted by atomic mass is 10.0. The number of carbonyl (C=O) groups excluding carboxylic acids is 1. The van der Waals surface area contributed by atoms with Crippen molar-refractivity contribution in [2.75, 3.05) is 11.9 Å². The Balaban J connectivity index is 1.96. The molecule has 110 valence electrons. The summed E-state index contributed by atoms with van der Waals surface area (Å²) in [5.41, 5.74) is 2.62. The minimum Gasteiger partial charge on any atom is -0.488 e. The lowest BCUT2D eigenvalue weighted by Crippen LogP contribution is -2.16.